The quantitative estimate of drug-likeness (QED) is 0.395. The van der Waals surface area contributed by atoms with Crippen molar-refractivity contribution in [1.29, 1.82) is 0 Å². The highest BCUT2D eigenvalue weighted by atomic mass is 32.2. The zero-order valence-electron chi connectivity index (χ0n) is 12.5. The highest BCUT2D eigenvalue weighted by Crippen LogP contribution is 2.34. The van der Waals surface area contributed by atoms with Crippen molar-refractivity contribution in [2.24, 2.45) is 7.05 Å². The average Bonchev–Trinajstić information content (AvgIpc) is 3.20. The van der Waals surface area contributed by atoms with E-state index in [1.54, 1.807) is 23.0 Å². The van der Waals surface area contributed by atoms with Gasteiger partial charge in [0.15, 0.2) is 5.16 Å². The molecule has 0 aliphatic heterocycles. The third kappa shape index (κ3) is 3.51. The predicted molar refractivity (Wildman–Crippen MR) is 96.8 cm³/mol. The van der Waals surface area contributed by atoms with Crippen molar-refractivity contribution >= 4 is 44.7 Å². The second-order valence-corrected chi connectivity index (χ2v) is 7.62. The molecule has 8 heteroatoms. The van der Waals surface area contributed by atoms with Crippen LogP contribution in [0.1, 0.15) is 0 Å². The highest BCUT2D eigenvalue weighted by molar-refractivity contribution is 7.99. The maximum absolute atomic E-state index is 12.7. The Labute approximate surface area is 145 Å². The Hall–Kier alpha value is -1.19. The number of hydrogen-bond acceptors (Lipinski definition) is 7. The van der Waals surface area contributed by atoms with Gasteiger partial charge in [-0.3, -0.25) is 9.36 Å². The maximum Gasteiger partial charge on any atom is 0.263 e. The first-order valence-electron chi connectivity index (χ1n) is 7.06. The van der Waals surface area contributed by atoms with Crippen LogP contribution in [0.15, 0.2) is 32.8 Å². The number of ether oxygens (including phenoxy) is 1. The summed E-state index contributed by atoms with van der Waals surface area (Å²) in [6.07, 6.45) is 0. The third-order valence-electron chi connectivity index (χ3n) is 3.26. The zero-order valence-corrected chi connectivity index (χ0v) is 15.0. The summed E-state index contributed by atoms with van der Waals surface area (Å²) in [4.78, 5) is 19.2. The Morgan fingerprint density at radius 2 is 2.26 bits per heavy atom. The minimum atomic E-state index is -0.0153. The van der Waals surface area contributed by atoms with Crippen LogP contribution in [0.4, 0.5) is 0 Å². The lowest BCUT2D eigenvalue weighted by atomic mass is 10.2. The standard InChI is InChI=1S/C15H16N2O3S3/c1-17-14(19)12-10(11-3-2-7-21-11)9-23-13(12)16-15(17)22-8-6-20-5-4-18/h2-3,7,9,18H,4-6,8H2,1H3. The van der Waals surface area contributed by atoms with E-state index in [1.165, 1.54) is 23.1 Å². The van der Waals surface area contributed by atoms with E-state index < -0.39 is 0 Å². The SMILES string of the molecule is Cn1c(SCCOCCO)nc2scc(-c3cccs3)c2c1=O. The molecule has 3 aromatic rings. The molecule has 0 bridgehead atoms. The number of thiophene rings is 2. The van der Waals surface area contributed by atoms with Crippen molar-refractivity contribution in [3.05, 3.63) is 33.2 Å². The molecule has 0 fully saturated rings. The molecule has 23 heavy (non-hydrogen) atoms. The normalized spacial score (nSPS) is 11.4. The number of hydrogen-bond donors (Lipinski definition) is 1. The summed E-state index contributed by atoms with van der Waals surface area (Å²) in [6.45, 7) is 0.874. The summed E-state index contributed by atoms with van der Waals surface area (Å²) in [5, 5.41) is 14.1. The molecule has 0 unspecified atom stereocenters. The largest absolute Gasteiger partial charge is 0.394 e. The zero-order chi connectivity index (χ0) is 16.2. The first-order chi connectivity index (χ1) is 11.2. The molecule has 3 rings (SSSR count). The number of nitrogens with zero attached hydrogens (tertiary/aromatic N) is 2. The summed E-state index contributed by atoms with van der Waals surface area (Å²) in [7, 11) is 1.75. The van der Waals surface area contributed by atoms with Crippen molar-refractivity contribution in [2.75, 3.05) is 25.6 Å². The van der Waals surface area contributed by atoms with E-state index in [0.29, 0.717) is 29.5 Å². The number of fused-ring (bicyclic) bond motifs is 1. The summed E-state index contributed by atoms with van der Waals surface area (Å²) < 4.78 is 6.83. The molecule has 3 aromatic heterocycles. The predicted octanol–water partition coefficient (Wildman–Crippen LogP) is 2.82. The van der Waals surface area contributed by atoms with Crippen LogP contribution >= 0.6 is 34.4 Å². The molecule has 1 N–H and O–H groups in total. The van der Waals surface area contributed by atoms with Gasteiger partial charge in [0, 0.05) is 28.6 Å². The average molecular weight is 369 g/mol. The summed E-state index contributed by atoms with van der Waals surface area (Å²) in [5.41, 5.74) is 0.953. The molecule has 0 atom stereocenters. The van der Waals surface area contributed by atoms with Gasteiger partial charge in [-0.15, -0.1) is 22.7 Å². The van der Waals surface area contributed by atoms with E-state index >= 15 is 0 Å². The number of aromatic nitrogens is 2. The molecular formula is C15H16N2O3S3. The van der Waals surface area contributed by atoms with Gasteiger partial charge in [-0.05, 0) is 11.4 Å². The molecular weight excluding hydrogens is 352 g/mol. The summed E-state index contributed by atoms with van der Waals surface area (Å²) >= 11 is 4.61. The van der Waals surface area contributed by atoms with E-state index in [2.05, 4.69) is 4.98 Å². The molecule has 0 saturated heterocycles. The van der Waals surface area contributed by atoms with Crippen molar-refractivity contribution in [3.8, 4) is 10.4 Å². The van der Waals surface area contributed by atoms with E-state index in [4.69, 9.17) is 9.84 Å². The fourth-order valence-electron chi connectivity index (χ4n) is 2.15. The van der Waals surface area contributed by atoms with Gasteiger partial charge in [-0.25, -0.2) is 4.98 Å². The number of thioether (sulfide) groups is 1. The Morgan fingerprint density at radius 1 is 1.39 bits per heavy atom. The minimum Gasteiger partial charge on any atom is -0.394 e. The van der Waals surface area contributed by atoms with E-state index in [9.17, 15) is 4.79 Å². The number of rotatable bonds is 7. The van der Waals surface area contributed by atoms with Crippen LogP contribution in [0.3, 0.4) is 0 Å². The van der Waals surface area contributed by atoms with Crippen molar-refractivity contribution < 1.29 is 9.84 Å². The second kappa shape index (κ2) is 7.59. The lowest BCUT2D eigenvalue weighted by Crippen LogP contribution is -2.20. The first kappa shape index (κ1) is 16.7. The van der Waals surface area contributed by atoms with Gasteiger partial charge >= 0.3 is 0 Å². The Kier molecular flexibility index (Phi) is 5.50. The van der Waals surface area contributed by atoms with Crippen molar-refractivity contribution in [2.45, 2.75) is 5.16 Å². The number of aliphatic hydroxyl groups excluding tert-OH is 1. The Balaban J connectivity index is 1.89. The topological polar surface area (TPSA) is 64.3 Å². The molecule has 122 valence electrons. The Morgan fingerprint density at radius 3 is 3.00 bits per heavy atom. The van der Waals surface area contributed by atoms with Gasteiger partial charge in [0.2, 0.25) is 0 Å². The van der Waals surface area contributed by atoms with Crippen molar-refractivity contribution in [1.82, 2.24) is 9.55 Å². The van der Waals surface area contributed by atoms with Crippen LogP contribution in [-0.4, -0.2) is 40.2 Å². The van der Waals surface area contributed by atoms with E-state index in [1.807, 2.05) is 22.9 Å². The monoisotopic (exact) mass is 368 g/mol. The molecule has 0 aliphatic rings. The molecule has 0 saturated carbocycles. The maximum atomic E-state index is 12.7. The molecule has 0 spiro atoms. The molecule has 3 heterocycles. The fourth-order valence-corrected chi connectivity index (χ4v) is 4.78. The summed E-state index contributed by atoms with van der Waals surface area (Å²) in [5.74, 6) is 0.689. The van der Waals surface area contributed by atoms with Crippen LogP contribution in [0.25, 0.3) is 20.7 Å². The molecule has 5 nitrogen and oxygen atoms in total. The third-order valence-corrected chi connectivity index (χ3v) is 6.02. The molecule has 0 aromatic carbocycles. The van der Waals surface area contributed by atoms with Gasteiger partial charge in [0.25, 0.3) is 5.56 Å². The lowest BCUT2D eigenvalue weighted by molar-refractivity contribution is 0.103. The Bertz CT molecular complexity index is 840. The van der Waals surface area contributed by atoms with Crippen LogP contribution in [0.2, 0.25) is 0 Å². The number of aliphatic hydroxyl groups is 1. The van der Waals surface area contributed by atoms with E-state index in [-0.39, 0.29) is 12.2 Å². The van der Waals surface area contributed by atoms with Gasteiger partial charge in [-0.2, -0.15) is 0 Å². The van der Waals surface area contributed by atoms with Crippen LogP contribution in [0, 0.1) is 0 Å². The van der Waals surface area contributed by atoms with Crippen LogP contribution in [-0.2, 0) is 11.8 Å². The molecule has 0 aliphatic carbocycles. The molecule has 0 radical (unpaired) electrons. The van der Waals surface area contributed by atoms with Crippen LogP contribution < -0.4 is 5.56 Å². The second-order valence-electron chi connectivity index (χ2n) is 4.75. The molecule has 0 amide bonds. The summed E-state index contributed by atoms with van der Waals surface area (Å²) in [6, 6.07) is 4.00. The van der Waals surface area contributed by atoms with Gasteiger partial charge < -0.3 is 9.84 Å². The van der Waals surface area contributed by atoms with Gasteiger partial charge in [0.1, 0.15) is 4.83 Å². The van der Waals surface area contributed by atoms with E-state index in [0.717, 1.165) is 15.3 Å². The highest BCUT2D eigenvalue weighted by Gasteiger charge is 2.16. The minimum absolute atomic E-state index is 0.0153. The van der Waals surface area contributed by atoms with Crippen molar-refractivity contribution in [3.63, 3.8) is 0 Å². The first-order valence-corrected chi connectivity index (χ1v) is 9.80. The fraction of sp³-hybridized carbons (Fsp3) is 0.333. The van der Waals surface area contributed by atoms with Gasteiger partial charge in [0.05, 0.1) is 25.2 Å². The van der Waals surface area contributed by atoms with Crippen LogP contribution in [0.5, 0.6) is 0 Å². The smallest absolute Gasteiger partial charge is 0.263 e. The van der Waals surface area contributed by atoms with Gasteiger partial charge in [-0.1, -0.05) is 17.8 Å². The lowest BCUT2D eigenvalue weighted by Gasteiger charge is -2.07.